The van der Waals surface area contributed by atoms with Gasteiger partial charge in [-0.15, -0.1) is 0 Å². The third-order valence-corrected chi connectivity index (χ3v) is 4.73. The van der Waals surface area contributed by atoms with Crippen LogP contribution in [0.5, 0.6) is 11.5 Å². The van der Waals surface area contributed by atoms with E-state index in [4.69, 9.17) is 9.47 Å². The first-order valence-corrected chi connectivity index (χ1v) is 7.24. The summed E-state index contributed by atoms with van der Waals surface area (Å²) in [6.07, 6.45) is 4.83. The summed E-state index contributed by atoms with van der Waals surface area (Å²) in [5.74, 6) is 3.04. The van der Waals surface area contributed by atoms with E-state index in [1.807, 2.05) is 18.2 Å². The molecule has 1 amide bonds. The monoisotopic (exact) mass is 275 g/mol. The molecule has 3 atom stereocenters. The van der Waals surface area contributed by atoms with Crippen LogP contribution in [0.15, 0.2) is 18.2 Å². The average Bonchev–Trinajstić information content (AvgIpc) is 3.09. The van der Waals surface area contributed by atoms with E-state index >= 15 is 0 Å². The van der Waals surface area contributed by atoms with Crippen molar-refractivity contribution in [1.29, 1.82) is 0 Å². The number of anilines is 1. The summed E-state index contributed by atoms with van der Waals surface area (Å²) in [6.45, 7) is 0. The van der Waals surface area contributed by atoms with Gasteiger partial charge >= 0.3 is 0 Å². The maximum Gasteiger partial charge on any atom is 0.227 e. The summed E-state index contributed by atoms with van der Waals surface area (Å²) in [4.78, 5) is 12.4. The van der Waals surface area contributed by atoms with Crippen molar-refractivity contribution in [2.24, 2.45) is 17.8 Å². The zero-order chi connectivity index (χ0) is 14.1. The molecule has 2 fully saturated rings. The van der Waals surface area contributed by atoms with Crippen LogP contribution in [0, 0.1) is 17.8 Å². The maximum atomic E-state index is 12.4. The molecule has 1 aromatic rings. The van der Waals surface area contributed by atoms with Crippen LogP contribution in [-0.2, 0) is 4.79 Å². The van der Waals surface area contributed by atoms with Crippen LogP contribution < -0.4 is 14.8 Å². The number of hydrogen-bond acceptors (Lipinski definition) is 3. The van der Waals surface area contributed by atoms with E-state index in [0.29, 0.717) is 17.4 Å². The number of methoxy groups -OCH3 is 2. The highest BCUT2D eigenvalue weighted by molar-refractivity contribution is 5.93. The molecule has 0 saturated heterocycles. The fraction of sp³-hybridized carbons (Fsp3) is 0.562. The Balaban J connectivity index is 1.70. The van der Waals surface area contributed by atoms with E-state index in [1.165, 1.54) is 19.3 Å². The van der Waals surface area contributed by atoms with Gasteiger partial charge in [-0.05, 0) is 43.2 Å². The number of ether oxygens (including phenoxy) is 2. The Bertz CT molecular complexity index is 514. The Hall–Kier alpha value is -1.71. The number of nitrogens with one attached hydrogen (secondary N) is 1. The molecule has 4 nitrogen and oxygen atoms in total. The second-order valence-electron chi connectivity index (χ2n) is 5.84. The fourth-order valence-electron chi connectivity index (χ4n) is 3.71. The van der Waals surface area contributed by atoms with Gasteiger partial charge in [-0.1, -0.05) is 6.42 Å². The molecule has 0 aromatic heterocycles. The molecule has 20 heavy (non-hydrogen) atoms. The highest BCUT2D eigenvalue weighted by Crippen LogP contribution is 2.48. The van der Waals surface area contributed by atoms with E-state index in [0.717, 1.165) is 18.0 Å². The number of hydrogen-bond donors (Lipinski definition) is 1. The highest BCUT2D eigenvalue weighted by Gasteiger charge is 2.43. The molecule has 2 bridgehead atoms. The molecule has 2 aliphatic rings. The molecule has 1 N–H and O–H groups in total. The lowest BCUT2D eigenvalue weighted by molar-refractivity contribution is -0.121. The molecular weight excluding hydrogens is 254 g/mol. The predicted molar refractivity (Wildman–Crippen MR) is 77.1 cm³/mol. The normalized spacial score (nSPS) is 27.4. The Morgan fingerprint density at radius 1 is 1.15 bits per heavy atom. The first-order chi connectivity index (χ1) is 9.71. The van der Waals surface area contributed by atoms with Gasteiger partial charge in [0.2, 0.25) is 5.91 Å². The lowest BCUT2D eigenvalue weighted by Crippen LogP contribution is -2.27. The minimum absolute atomic E-state index is 0.157. The van der Waals surface area contributed by atoms with Crippen molar-refractivity contribution in [3.05, 3.63) is 18.2 Å². The van der Waals surface area contributed by atoms with Gasteiger partial charge in [0.05, 0.1) is 14.2 Å². The third-order valence-electron chi connectivity index (χ3n) is 4.73. The molecule has 108 valence electrons. The summed E-state index contributed by atoms with van der Waals surface area (Å²) in [6, 6.07) is 5.48. The van der Waals surface area contributed by atoms with Crippen molar-refractivity contribution in [3.63, 3.8) is 0 Å². The topological polar surface area (TPSA) is 47.6 Å². The van der Waals surface area contributed by atoms with Crippen LogP contribution >= 0.6 is 0 Å². The van der Waals surface area contributed by atoms with E-state index in [9.17, 15) is 4.79 Å². The summed E-state index contributed by atoms with van der Waals surface area (Å²) in [5, 5.41) is 3.02. The van der Waals surface area contributed by atoms with Gasteiger partial charge in [0.1, 0.15) is 0 Å². The number of rotatable bonds is 4. The van der Waals surface area contributed by atoms with Crippen LogP contribution in [0.2, 0.25) is 0 Å². The smallest absolute Gasteiger partial charge is 0.227 e. The molecular formula is C16H21NO3. The fourth-order valence-corrected chi connectivity index (χ4v) is 3.71. The van der Waals surface area contributed by atoms with Gasteiger partial charge in [0, 0.05) is 17.7 Å². The largest absolute Gasteiger partial charge is 0.493 e. The summed E-state index contributed by atoms with van der Waals surface area (Å²) in [5.41, 5.74) is 0.774. The van der Waals surface area contributed by atoms with Crippen molar-refractivity contribution in [2.45, 2.75) is 25.7 Å². The van der Waals surface area contributed by atoms with Crippen molar-refractivity contribution < 1.29 is 14.3 Å². The average molecular weight is 275 g/mol. The molecule has 4 heteroatoms. The second-order valence-corrected chi connectivity index (χ2v) is 5.84. The lowest BCUT2D eigenvalue weighted by Gasteiger charge is -2.21. The van der Waals surface area contributed by atoms with Gasteiger partial charge in [0.15, 0.2) is 11.5 Å². The van der Waals surface area contributed by atoms with Gasteiger partial charge in [-0.2, -0.15) is 0 Å². The van der Waals surface area contributed by atoms with Crippen molar-refractivity contribution in [1.82, 2.24) is 0 Å². The van der Waals surface area contributed by atoms with E-state index in [2.05, 4.69) is 5.32 Å². The summed E-state index contributed by atoms with van der Waals surface area (Å²) >= 11 is 0. The lowest BCUT2D eigenvalue weighted by atomic mass is 9.88. The number of carbonyl (C=O) groups is 1. The second kappa shape index (κ2) is 5.35. The predicted octanol–water partition coefficient (Wildman–Crippen LogP) is 3.08. The zero-order valence-corrected chi connectivity index (χ0v) is 12.0. The molecule has 2 saturated carbocycles. The number of fused-ring (bicyclic) bond motifs is 2. The number of benzene rings is 1. The highest BCUT2D eigenvalue weighted by atomic mass is 16.5. The molecule has 0 heterocycles. The molecule has 0 unspecified atom stereocenters. The SMILES string of the molecule is COc1ccc(NC(=O)[C@H]2C[C@@H]3CC[C@@H]2C3)cc1OC. The third kappa shape index (κ3) is 2.35. The molecule has 2 aliphatic carbocycles. The van der Waals surface area contributed by atoms with Crippen LogP contribution in [0.3, 0.4) is 0 Å². The molecule has 0 radical (unpaired) electrons. The molecule has 3 rings (SSSR count). The maximum absolute atomic E-state index is 12.4. The van der Waals surface area contributed by atoms with Crippen LogP contribution in [0.25, 0.3) is 0 Å². The van der Waals surface area contributed by atoms with Crippen LogP contribution in [0.1, 0.15) is 25.7 Å². The summed E-state index contributed by atoms with van der Waals surface area (Å²) < 4.78 is 10.5. The Labute approximate surface area is 119 Å². The van der Waals surface area contributed by atoms with Crippen molar-refractivity contribution in [3.8, 4) is 11.5 Å². The van der Waals surface area contributed by atoms with E-state index in [1.54, 1.807) is 14.2 Å². The number of amides is 1. The van der Waals surface area contributed by atoms with Crippen LogP contribution in [0.4, 0.5) is 5.69 Å². The van der Waals surface area contributed by atoms with Crippen molar-refractivity contribution >= 4 is 11.6 Å². The minimum Gasteiger partial charge on any atom is -0.493 e. The van der Waals surface area contributed by atoms with E-state index in [-0.39, 0.29) is 11.8 Å². The van der Waals surface area contributed by atoms with E-state index < -0.39 is 0 Å². The van der Waals surface area contributed by atoms with Crippen molar-refractivity contribution in [2.75, 3.05) is 19.5 Å². The minimum atomic E-state index is 0.157. The first-order valence-electron chi connectivity index (χ1n) is 7.24. The Kier molecular flexibility index (Phi) is 3.55. The van der Waals surface area contributed by atoms with Gasteiger partial charge < -0.3 is 14.8 Å². The van der Waals surface area contributed by atoms with Gasteiger partial charge in [0.25, 0.3) is 0 Å². The molecule has 0 aliphatic heterocycles. The van der Waals surface area contributed by atoms with Gasteiger partial charge in [-0.3, -0.25) is 4.79 Å². The first kappa shape index (κ1) is 13.3. The Morgan fingerprint density at radius 2 is 1.95 bits per heavy atom. The van der Waals surface area contributed by atoms with Crippen LogP contribution in [-0.4, -0.2) is 20.1 Å². The summed E-state index contributed by atoms with van der Waals surface area (Å²) in [7, 11) is 3.20. The molecule has 0 spiro atoms. The molecule has 1 aromatic carbocycles. The van der Waals surface area contributed by atoms with Gasteiger partial charge in [-0.25, -0.2) is 0 Å². The number of carbonyl (C=O) groups excluding carboxylic acids is 1. The quantitative estimate of drug-likeness (QED) is 0.918. The standard InChI is InChI=1S/C16H21NO3/c1-19-14-6-5-12(9-15(14)20-2)17-16(18)13-8-10-3-4-11(13)7-10/h5-6,9-11,13H,3-4,7-8H2,1-2H3,(H,17,18)/t10-,11-,13+/m1/s1. The Morgan fingerprint density at radius 3 is 2.55 bits per heavy atom. The zero-order valence-electron chi connectivity index (χ0n) is 12.0.